The maximum atomic E-state index is 5.63. The topological polar surface area (TPSA) is 86.7 Å². The Labute approximate surface area is 134 Å². The third kappa shape index (κ3) is 2.98. The predicted molar refractivity (Wildman–Crippen MR) is 89.0 cm³/mol. The van der Waals surface area contributed by atoms with E-state index in [-0.39, 0.29) is 5.95 Å². The van der Waals surface area contributed by atoms with Crippen LogP contribution in [0.3, 0.4) is 0 Å². The smallest absolute Gasteiger partial charge is 0.240 e. The minimum atomic E-state index is 0.265. The largest absolute Gasteiger partial charge is 0.493 e. The van der Waals surface area contributed by atoms with Crippen molar-refractivity contribution >= 4 is 17.3 Å². The quantitative estimate of drug-likeness (QED) is 0.751. The second kappa shape index (κ2) is 6.04. The molecule has 120 valence electrons. The molecule has 0 saturated carbocycles. The van der Waals surface area contributed by atoms with Crippen LogP contribution in [0.2, 0.25) is 0 Å². The molecule has 0 atom stereocenters. The van der Waals surface area contributed by atoms with Crippen molar-refractivity contribution in [1.82, 2.24) is 14.6 Å². The van der Waals surface area contributed by atoms with Crippen LogP contribution in [0.15, 0.2) is 30.5 Å². The molecule has 3 rings (SSSR count). The van der Waals surface area contributed by atoms with Gasteiger partial charge in [-0.1, -0.05) is 6.07 Å². The summed E-state index contributed by atoms with van der Waals surface area (Å²) in [5.74, 6) is 1.69. The van der Waals surface area contributed by atoms with Crippen LogP contribution >= 0.6 is 0 Å². The number of aromatic nitrogens is 3. The minimum absolute atomic E-state index is 0.265. The maximum absolute atomic E-state index is 5.63. The first-order valence-corrected chi connectivity index (χ1v) is 7.18. The van der Waals surface area contributed by atoms with Gasteiger partial charge < -0.3 is 20.5 Å². The van der Waals surface area contributed by atoms with E-state index >= 15 is 0 Å². The number of nitrogens with zero attached hydrogens (tertiary/aromatic N) is 3. The number of fused-ring (bicyclic) bond motifs is 1. The van der Waals surface area contributed by atoms with Crippen molar-refractivity contribution in [3.05, 3.63) is 41.6 Å². The molecule has 0 unspecified atom stereocenters. The van der Waals surface area contributed by atoms with Crippen molar-refractivity contribution in [2.24, 2.45) is 0 Å². The number of nitrogens with one attached hydrogen (secondary N) is 1. The van der Waals surface area contributed by atoms with Gasteiger partial charge >= 0.3 is 0 Å². The first-order valence-electron chi connectivity index (χ1n) is 7.18. The Balaban J connectivity index is 1.81. The Hall–Kier alpha value is -2.96. The standard InChI is InChI=1S/C16H19N5O2/c1-10-6-15-19-16(17)20-21(15)9-12(10)18-8-11-4-5-13(22-2)14(7-11)23-3/h4-7,9,18H,8H2,1-3H3,(H2,17,20). The first kappa shape index (κ1) is 15.0. The number of ether oxygens (including phenoxy) is 2. The van der Waals surface area contributed by atoms with E-state index in [0.29, 0.717) is 18.0 Å². The maximum Gasteiger partial charge on any atom is 0.240 e. The van der Waals surface area contributed by atoms with Gasteiger partial charge in [0.05, 0.1) is 26.1 Å². The van der Waals surface area contributed by atoms with E-state index in [4.69, 9.17) is 15.2 Å². The van der Waals surface area contributed by atoms with Gasteiger partial charge in [0.25, 0.3) is 0 Å². The molecular weight excluding hydrogens is 294 g/mol. The highest BCUT2D eigenvalue weighted by Gasteiger charge is 2.07. The van der Waals surface area contributed by atoms with Crippen LogP contribution < -0.4 is 20.5 Å². The summed E-state index contributed by atoms with van der Waals surface area (Å²) in [6.07, 6.45) is 1.88. The lowest BCUT2D eigenvalue weighted by Gasteiger charge is -2.12. The molecule has 1 aromatic carbocycles. The summed E-state index contributed by atoms with van der Waals surface area (Å²) < 4.78 is 12.2. The van der Waals surface area contributed by atoms with Crippen LogP contribution in [-0.2, 0) is 6.54 Å². The summed E-state index contributed by atoms with van der Waals surface area (Å²) in [6, 6.07) is 7.78. The molecular formula is C16H19N5O2. The normalized spacial score (nSPS) is 10.7. The monoisotopic (exact) mass is 313 g/mol. The number of aryl methyl sites for hydroxylation is 1. The van der Waals surface area contributed by atoms with E-state index in [2.05, 4.69) is 15.4 Å². The molecule has 0 bridgehead atoms. The van der Waals surface area contributed by atoms with Gasteiger partial charge in [0, 0.05) is 6.54 Å². The van der Waals surface area contributed by atoms with Crippen molar-refractivity contribution in [1.29, 1.82) is 0 Å². The van der Waals surface area contributed by atoms with Crippen molar-refractivity contribution in [2.75, 3.05) is 25.3 Å². The van der Waals surface area contributed by atoms with Gasteiger partial charge in [0.2, 0.25) is 5.95 Å². The SMILES string of the molecule is COc1ccc(CNc2cn3nc(N)nc3cc2C)cc1OC. The average Bonchev–Trinajstić information content (AvgIpc) is 2.91. The average molecular weight is 313 g/mol. The molecule has 2 aromatic heterocycles. The van der Waals surface area contributed by atoms with Crippen LogP contribution in [0.5, 0.6) is 11.5 Å². The van der Waals surface area contributed by atoms with Gasteiger partial charge in [-0.2, -0.15) is 4.98 Å². The summed E-state index contributed by atoms with van der Waals surface area (Å²) in [6.45, 7) is 2.67. The van der Waals surface area contributed by atoms with E-state index in [1.807, 2.05) is 37.4 Å². The molecule has 0 aliphatic carbocycles. The van der Waals surface area contributed by atoms with E-state index < -0.39 is 0 Å². The van der Waals surface area contributed by atoms with Crippen molar-refractivity contribution < 1.29 is 9.47 Å². The fourth-order valence-corrected chi connectivity index (χ4v) is 2.41. The number of benzene rings is 1. The minimum Gasteiger partial charge on any atom is -0.493 e. The van der Waals surface area contributed by atoms with Gasteiger partial charge in [0.1, 0.15) is 0 Å². The van der Waals surface area contributed by atoms with E-state index in [1.165, 1.54) is 0 Å². The van der Waals surface area contributed by atoms with Gasteiger partial charge in [-0.3, -0.25) is 0 Å². The van der Waals surface area contributed by atoms with Crippen LogP contribution in [0.1, 0.15) is 11.1 Å². The van der Waals surface area contributed by atoms with Gasteiger partial charge in [0.15, 0.2) is 17.1 Å². The van der Waals surface area contributed by atoms with Gasteiger partial charge in [-0.05, 0) is 36.2 Å². The van der Waals surface area contributed by atoms with Gasteiger partial charge in [-0.15, -0.1) is 5.10 Å². The number of nitrogens with two attached hydrogens (primary N) is 1. The molecule has 3 aromatic rings. The van der Waals surface area contributed by atoms with Crippen LogP contribution in [0.4, 0.5) is 11.6 Å². The number of nitrogen functional groups attached to an aromatic ring is 1. The van der Waals surface area contributed by atoms with Crippen molar-refractivity contribution in [3.8, 4) is 11.5 Å². The molecule has 0 radical (unpaired) electrons. The Bertz CT molecular complexity index is 844. The Morgan fingerprint density at radius 2 is 1.96 bits per heavy atom. The molecule has 0 saturated heterocycles. The van der Waals surface area contributed by atoms with Crippen LogP contribution in [0.25, 0.3) is 5.65 Å². The zero-order valence-corrected chi connectivity index (χ0v) is 13.3. The summed E-state index contributed by atoms with van der Waals surface area (Å²) in [7, 11) is 3.25. The van der Waals surface area contributed by atoms with Crippen molar-refractivity contribution in [2.45, 2.75) is 13.5 Å². The third-order valence-corrected chi connectivity index (χ3v) is 3.63. The lowest BCUT2D eigenvalue weighted by molar-refractivity contribution is 0.354. The lowest BCUT2D eigenvalue weighted by atomic mass is 10.2. The highest BCUT2D eigenvalue weighted by Crippen LogP contribution is 2.28. The fourth-order valence-electron chi connectivity index (χ4n) is 2.41. The zero-order chi connectivity index (χ0) is 16.4. The number of rotatable bonds is 5. The molecule has 0 spiro atoms. The van der Waals surface area contributed by atoms with Crippen LogP contribution in [-0.4, -0.2) is 28.8 Å². The van der Waals surface area contributed by atoms with E-state index in [1.54, 1.807) is 18.7 Å². The van der Waals surface area contributed by atoms with E-state index in [0.717, 1.165) is 22.5 Å². The van der Waals surface area contributed by atoms with Crippen LogP contribution in [0, 0.1) is 6.92 Å². The molecule has 7 heteroatoms. The molecule has 2 heterocycles. The summed E-state index contributed by atoms with van der Waals surface area (Å²) in [5.41, 5.74) is 9.49. The molecule has 23 heavy (non-hydrogen) atoms. The number of methoxy groups -OCH3 is 2. The number of hydrogen-bond acceptors (Lipinski definition) is 6. The molecule has 0 aliphatic rings. The second-order valence-electron chi connectivity index (χ2n) is 5.19. The highest BCUT2D eigenvalue weighted by molar-refractivity contribution is 5.57. The second-order valence-corrected chi connectivity index (χ2v) is 5.19. The molecule has 3 N–H and O–H groups in total. The van der Waals surface area contributed by atoms with Gasteiger partial charge in [-0.25, -0.2) is 4.52 Å². The van der Waals surface area contributed by atoms with Crippen molar-refractivity contribution in [3.63, 3.8) is 0 Å². The summed E-state index contributed by atoms with van der Waals surface area (Å²) in [4.78, 5) is 4.15. The molecule has 7 nitrogen and oxygen atoms in total. The summed E-state index contributed by atoms with van der Waals surface area (Å²) >= 11 is 0. The molecule has 0 amide bonds. The van der Waals surface area contributed by atoms with E-state index in [9.17, 15) is 0 Å². The lowest BCUT2D eigenvalue weighted by Crippen LogP contribution is -2.04. The highest BCUT2D eigenvalue weighted by atomic mass is 16.5. The number of hydrogen-bond donors (Lipinski definition) is 2. The molecule has 0 fully saturated rings. The molecule has 0 aliphatic heterocycles. The fraction of sp³-hybridized carbons (Fsp3) is 0.250. The number of anilines is 2. The third-order valence-electron chi connectivity index (χ3n) is 3.63. The zero-order valence-electron chi connectivity index (χ0n) is 13.3. The number of pyridine rings is 1. The first-order chi connectivity index (χ1) is 11.1. The summed E-state index contributed by atoms with van der Waals surface area (Å²) in [5, 5.41) is 7.52. The Morgan fingerprint density at radius 1 is 1.17 bits per heavy atom. The predicted octanol–water partition coefficient (Wildman–Crippen LogP) is 2.25. The Kier molecular flexibility index (Phi) is 3.92. The Morgan fingerprint density at radius 3 is 2.70 bits per heavy atom.